The Hall–Kier alpha value is -4.22. The lowest BCUT2D eigenvalue weighted by atomic mass is 9.96. The van der Waals surface area contributed by atoms with Crippen molar-refractivity contribution in [2.75, 3.05) is 19.0 Å². The third-order valence-electron chi connectivity index (χ3n) is 6.71. The fourth-order valence-corrected chi connectivity index (χ4v) is 4.81. The molecule has 38 heavy (non-hydrogen) atoms. The largest absolute Gasteiger partial charge is 0.497 e. The summed E-state index contributed by atoms with van der Waals surface area (Å²) in [6.07, 6.45) is 0.0124. The Kier molecular flexibility index (Phi) is 6.41. The second-order valence-corrected chi connectivity index (χ2v) is 9.24. The van der Waals surface area contributed by atoms with Crippen molar-refractivity contribution >= 4 is 23.8 Å². The van der Waals surface area contributed by atoms with Crippen LogP contribution in [0.25, 0.3) is 11.1 Å². The maximum atomic E-state index is 14.0. The number of nitrogens with one attached hydrogen (secondary N) is 1. The number of benzene rings is 1. The van der Waals surface area contributed by atoms with Gasteiger partial charge in [-0.2, -0.15) is 18.3 Å². The number of nitrogens with zero attached hydrogens (tertiary/aromatic N) is 4. The van der Waals surface area contributed by atoms with Crippen LogP contribution in [0.4, 0.5) is 18.9 Å². The SMILES string of the molecule is CCn1cc(-c2cc(C=O)cc3c2NC(=O)CN([C@H](c2cc(OC)ccn2)C2CC2)C3=O)c(C(F)(F)F)n1. The van der Waals surface area contributed by atoms with Crippen LogP contribution < -0.4 is 10.1 Å². The molecule has 0 radical (unpaired) electrons. The Morgan fingerprint density at radius 1 is 1.18 bits per heavy atom. The van der Waals surface area contributed by atoms with E-state index in [-0.39, 0.29) is 46.9 Å². The topological polar surface area (TPSA) is 106 Å². The molecule has 0 bridgehead atoms. The molecule has 1 aromatic carbocycles. The van der Waals surface area contributed by atoms with Crippen molar-refractivity contribution in [3.8, 4) is 16.9 Å². The number of ether oxygens (including phenoxy) is 1. The number of hydrogen-bond donors (Lipinski definition) is 1. The zero-order valence-corrected chi connectivity index (χ0v) is 20.6. The first-order valence-corrected chi connectivity index (χ1v) is 12.0. The molecular weight excluding hydrogens is 503 g/mol. The van der Waals surface area contributed by atoms with E-state index in [0.717, 1.165) is 17.5 Å². The van der Waals surface area contributed by atoms with Gasteiger partial charge in [0, 0.05) is 41.7 Å². The first-order chi connectivity index (χ1) is 18.1. The summed E-state index contributed by atoms with van der Waals surface area (Å²) in [5.74, 6) is -0.601. The van der Waals surface area contributed by atoms with Gasteiger partial charge in [-0.1, -0.05) is 0 Å². The van der Waals surface area contributed by atoms with Crippen molar-refractivity contribution in [3.05, 3.63) is 59.2 Å². The number of carbonyl (C=O) groups is 3. The number of fused-ring (bicyclic) bond motifs is 1. The van der Waals surface area contributed by atoms with Crippen molar-refractivity contribution in [1.29, 1.82) is 0 Å². The van der Waals surface area contributed by atoms with Crippen LogP contribution in [-0.2, 0) is 17.5 Å². The normalized spacial score (nSPS) is 16.5. The summed E-state index contributed by atoms with van der Waals surface area (Å²) >= 11 is 0. The standard InChI is InChI=1S/C26H24F3N5O4/c1-3-33-11-19(24(32-33)26(27,28)29)17-8-14(13-35)9-18-22(17)31-21(36)12-34(25(18)37)23(15-4-5-15)20-10-16(38-2)6-7-30-20/h6-11,13,15,23H,3-5,12H2,1-2H3,(H,31,36)/t23-/m0/s1. The smallest absolute Gasteiger partial charge is 0.435 e. The van der Waals surface area contributed by atoms with E-state index >= 15 is 0 Å². The molecule has 0 saturated heterocycles. The molecule has 3 heterocycles. The Labute approximate surface area is 215 Å². The average Bonchev–Trinajstić information content (AvgIpc) is 3.64. The maximum Gasteiger partial charge on any atom is 0.435 e. The number of alkyl halides is 3. The molecule has 3 aromatic rings. The highest BCUT2D eigenvalue weighted by Gasteiger charge is 2.43. The molecule has 2 aromatic heterocycles. The number of aldehydes is 1. The van der Waals surface area contributed by atoms with Gasteiger partial charge in [0.2, 0.25) is 5.91 Å². The van der Waals surface area contributed by atoms with Gasteiger partial charge in [0.15, 0.2) is 5.69 Å². The van der Waals surface area contributed by atoms with Gasteiger partial charge in [-0.05, 0) is 43.9 Å². The molecule has 12 heteroatoms. The van der Waals surface area contributed by atoms with Crippen molar-refractivity contribution in [3.63, 3.8) is 0 Å². The number of amides is 2. The molecule has 1 aliphatic carbocycles. The fraction of sp³-hybridized carbons (Fsp3) is 0.346. The van der Waals surface area contributed by atoms with Crippen molar-refractivity contribution in [1.82, 2.24) is 19.7 Å². The zero-order valence-electron chi connectivity index (χ0n) is 20.6. The molecule has 2 aliphatic rings. The van der Waals surface area contributed by atoms with Crippen molar-refractivity contribution in [2.24, 2.45) is 5.92 Å². The molecule has 1 atom stereocenters. The van der Waals surface area contributed by atoms with Crippen LogP contribution in [0.5, 0.6) is 5.75 Å². The lowest BCUT2D eigenvalue weighted by molar-refractivity contribution is -0.141. The monoisotopic (exact) mass is 527 g/mol. The molecule has 1 fully saturated rings. The van der Waals surface area contributed by atoms with E-state index in [0.29, 0.717) is 17.7 Å². The first kappa shape index (κ1) is 25.4. The minimum atomic E-state index is -4.81. The minimum absolute atomic E-state index is 0.0111. The number of aryl methyl sites for hydroxylation is 1. The number of anilines is 1. The fourth-order valence-electron chi connectivity index (χ4n) is 4.81. The molecule has 0 unspecified atom stereocenters. The second kappa shape index (κ2) is 9.58. The Morgan fingerprint density at radius 3 is 2.55 bits per heavy atom. The quantitative estimate of drug-likeness (QED) is 0.458. The number of carbonyl (C=O) groups excluding carboxylic acids is 3. The van der Waals surface area contributed by atoms with Crippen LogP contribution >= 0.6 is 0 Å². The van der Waals surface area contributed by atoms with Gasteiger partial charge in [0.1, 0.15) is 18.6 Å². The molecule has 1 saturated carbocycles. The molecule has 9 nitrogen and oxygen atoms in total. The number of aromatic nitrogens is 3. The average molecular weight is 528 g/mol. The second-order valence-electron chi connectivity index (χ2n) is 9.24. The van der Waals surface area contributed by atoms with Gasteiger partial charge >= 0.3 is 6.18 Å². The Bertz CT molecular complexity index is 1430. The number of hydrogen-bond acceptors (Lipinski definition) is 6. The van der Waals surface area contributed by atoms with E-state index in [4.69, 9.17) is 4.74 Å². The van der Waals surface area contributed by atoms with Crippen LogP contribution in [0.2, 0.25) is 0 Å². The van der Waals surface area contributed by atoms with Crippen LogP contribution in [0, 0.1) is 5.92 Å². The molecule has 1 N–H and O–H groups in total. The van der Waals surface area contributed by atoms with E-state index in [1.807, 2.05) is 0 Å². The van der Waals surface area contributed by atoms with Gasteiger partial charge in [-0.15, -0.1) is 0 Å². The molecule has 0 spiro atoms. The Morgan fingerprint density at radius 2 is 1.92 bits per heavy atom. The summed E-state index contributed by atoms with van der Waals surface area (Å²) in [4.78, 5) is 44.7. The maximum absolute atomic E-state index is 14.0. The third kappa shape index (κ3) is 4.61. The lowest BCUT2D eigenvalue weighted by Crippen LogP contribution is -2.39. The predicted molar refractivity (Wildman–Crippen MR) is 130 cm³/mol. The minimum Gasteiger partial charge on any atom is -0.497 e. The summed E-state index contributed by atoms with van der Waals surface area (Å²) in [6, 6.07) is 5.31. The predicted octanol–water partition coefficient (Wildman–Crippen LogP) is 4.35. The molecule has 1 aliphatic heterocycles. The summed E-state index contributed by atoms with van der Waals surface area (Å²) in [5.41, 5.74) is -1.28. The number of pyridine rings is 1. The highest BCUT2D eigenvalue weighted by molar-refractivity contribution is 6.13. The summed E-state index contributed by atoms with van der Waals surface area (Å²) in [6.45, 7) is 1.45. The lowest BCUT2D eigenvalue weighted by Gasteiger charge is -2.30. The van der Waals surface area contributed by atoms with Crippen molar-refractivity contribution < 1.29 is 32.3 Å². The van der Waals surface area contributed by atoms with Crippen LogP contribution in [-0.4, -0.2) is 51.4 Å². The number of rotatable bonds is 7. The van der Waals surface area contributed by atoms with Crippen LogP contribution in [0.1, 0.15) is 57.9 Å². The van der Waals surface area contributed by atoms with E-state index in [9.17, 15) is 27.6 Å². The third-order valence-corrected chi connectivity index (χ3v) is 6.71. The van der Waals surface area contributed by atoms with E-state index in [1.54, 1.807) is 25.3 Å². The van der Waals surface area contributed by atoms with Gasteiger partial charge in [-0.3, -0.25) is 24.0 Å². The molecule has 2 amide bonds. The highest BCUT2D eigenvalue weighted by atomic mass is 19.4. The molecule has 5 rings (SSSR count). The summed E-state index contributed by atoms with van der Waals surface area (Å²) < 4.78 is 48.2. The number of methoxy groups -OCH3 is 1. The first-order valence-electron chi connectivity index (χ1n) is 12.0. The van der Waals surface area contributed by atoms with Crippen LogP contribution in [0.15, 0.2) is 36.7 Å². The Balaban J connectivity index is 1.68. The zero-order chi connectivity index (χ0) is 27.2. The highest BCUT2D eigenvalue weighted by Crippen LogP contribution is 2.47. The van der Waals surface area contributed by atoms with Crippen LogP contribution in [0.3, 0.4) is 0 Å². The van der Waals surface area contributed by atoms with Crippen molar-refractivity contribution in [2.45, 2.75) is 38.5 Å². The van der Waals surface area contributed by atoms with E-state index in [1.165, 1.54) is 30.3 Å². The van der Waals surface area contributed by atoms with Gasteiger partial charge < -0.3 is 15.0 Å². The molecular formula is C26H24F3N5O4. The number of halogens is 3. The summed E-state index contributed by atoms with van der Waals surface area (Å²) in [5, 5.41) is 6.28. The van der Waals surface area contributed by atoms with Gasteiger partial charge in [0.25, 0.3) is 5.91 Å². The van der Waals surface area contributed by atoms with E-state index < -0.39 is 29.7 Å². The summed E-state index contributed by atoms with van der Waals surface area (Å²) in [7, 11) is 1.50. The van der Waals surface area contributed by atoms with Gasteiger partial charge in [0.05, 0.1) is 30.1 Å². The molecule has 198 valence electrons. The van der Waals surface area contributed by atoms with Gasteiger partial charge in [-0.25, -0.2) is 0 Å². The van der Waals surface area contributed by atoms with E-state index in [2.05, 4.69) is 15.4 Å².